The van der Waals surface area contributed by atoms with Gasteiger partial charge in [0.15, 0.2) is 5.82 Å². The molecule has 1 aliphatic rings. The van der Waals surface area contributed by atoms with Gasteiger partial charge in [-0.25, -0.2) is 0 Å². The van der Waals surface area contributed by atoms with Crippen LogP contribution in [-0.4, -0.2) is 16.0 Å². The van der Waals surface area contributed by atoms with E-state index in [-0.39, 0.29) is 5.91 Å². The van der Waals surface area contributed by atoms with Gasteiger partial charge >= 0.3 is 0 Å². The summed E-state index contributed by atoms with van der Waals surface area (Å²) in [5.74, 6) is 1.68. The fourth-order valence-electron chi connectivity index (χ4n) is 2.09. The van der Waals surface area contributed by atoms with E-state index < -0.39 is 0 Å². The second-order valence-electron chi connectivity index (χ2n) is 5.19. The van der Waals surface area contributed by atoms with Gasteiger partial charge in [-0.3, -0.25) is 4.79 Å². The fraction of sp³-hybridized carbons (Fsp3) is 0.267. The highest BCUT2D eigenvalue weighted by Gasteiger charge is 2.29. The van der Waals surface area contributed by atoms with Gasteiger partial charge in [0.25, 0.3) is 11.8 Å². The molecule has 1 fully saturated rings. The quantitative estimate of drug-likeness (QED) is 0.782. The standard InChI is InChI=1S/C15H13N3O3S/c19-14(10-5-6-20-8-10)16-7-11-3-4-12(22-11)15-17-13(18-21-15)9-1-2-9/h3-6,8-9H,1-2,7H2,(H,16,19). The Bertz CT molecular complexity index is 787. The lowest BCUT2D eigenvalue weighted by molar-refractivity contribution is 0.0950. The summed E-state index contributed by atoms with van der Waals surface area (Å²) >= 11 is 1.54. The number of hydrogen-bond acceptors (Lipinski definition) is 6. The molecule has 0 saturated heterocycles. The Kier molecular flexibility index (Phi) is 3.27. The molecule has 3 aromatic rings. The van der Waals surface area contributed by atoms with E-state index in [4.69, 9.17) is 8.94 Å². The van der Waals surface area contributed by atoms with E-state index in [0.717, 1.165) is 28.4 Å². The monoisotopic (exact) mass is 315 g/mol. The molecular formula is C15H13N3O3S. The van der Waals surface area contributed by atoms with Gasteiger partial charge in [0.05, 0.1) is 23.2 Å². The summed E-state index contributed by atoms with van der Waals surface area (Å²) in [4.78, 5) is 18.2. The number of aromatic nitrogens is 2. The minimum Gasteiger partial charge on any atom is -0.472 e. The molecule has 0 atom stereocenters. The summed E-state index contributed by atoms with van der Waals surface area (Å²) < 4.78 is 10.2. The Morgan fingerprint density at radius 2 is 2.27 bits per heavy atom. The minimum absolute atomic E-state index is 0.155. The van der Waals surface area contributed by atoms with Crippen molar-refractivity contribution in [2.24, 2.45) is 0 Å². The predicted molar refractivity (Wildman–Crippen MR) is 79.5 cm³/mol. The molecule has 4 rings (SSSR count). The number of hydrogen-bond donors (Lipinski definition) is 1. The van der Waals surface area contributed by atoms with Crippen molar-refractivity contribution in [3.8, 4) is 10.8 Å². The highest BCUT2D eigenvalue weighted by molar-refractivity contribution is 7.15. The Morgan fingerprint density at radius 1 is 1.36 bits per heavy atom. The number of carbonyl (C=O) groups excluding carboxylic acids is 1. The Morgan fingerprint density at radius 3 is 3.05 bits per heavy atom. The zero-order valence-corrected chi connectivity index (χ0v) is 12.4. The van der Waals surface area contributed by atoms with E-state index in [2.05, 4.69) is 15.5 Å². The van der Waals surface area contributed by atoms with Gasteiger partial charge < -0.3 is 14.3 Å². The molecule has 0 radical (unpaired) electrons. The highest BCUT2D eigenvalue weighted by Crippen LogP contribution is 2.39. The Hall–Kier alpha value is -2.41. The molecule has 112 valence electrons. The van der Waals surface area contributed by atoms with E-state index in [0.29, 0.717) is 23.9 Å². The smallest absolute Gasteiger partial charge is 0.268 e. The van der Waals surface area contributed by atoms with Crippen molar-refractivity contribution in [2.75, 3.05) is 0 Å². The first-order chi connectivity index (χ1) is 10.8. The maximum atomic E-state index is 11.8. The number of furan rings is 1. The normalized spacial score (nSPS) is 14.2. The summed E-state index contributed by atoms with van der Waals surface area (Å²) in [5, 5.41) is 6.86. The minimum atomic E-state index is -0.155. The van der Waals surface area contributed by atoms with Crippen LogP contribution in [0.2, 0.25) is 0 Å². The third-order valence-corrected chi connectivity index (χ3v) is 4.54. The van der Waals surface area contributed by atoms with E-state index in [1.165, 1.54) is 23.9 Å². The van der Waals surface area contributed by atoms with Crippen molar-refractivity contribution in [1.82, 2.24) is 15.5 Å². The van der Waals surface area contributed by atoms with Crippen LogP contribution < -0.4 is 5.32 Å². The summed E-state index contributed by atoms with van der Waals surface area (Å²) in [6.07, 6.45) is 5.20. The molecular weight excluding hydrogens is 302 g/mol. The van der Waals surface area contributed by atoms with Crippen LogP contribution in [0.3, 0.4) is 0 Å². The molecule has 6 nitrogen and oxygen atoms in total. The number of nitrogens with zero attached hydrogens (tertiary/aromatic N) is 2. The van der Waals surface area contributed by atoms with Gasteiger partial charge in [0.2, 0.25) is 0 Å². The predicted octanol–water partition coefficient (Wildman–Crippen LogP) is 3.20. The van der Waals surface area contributed by atoms with Gasteiger partial charge in [0, 0.05) is 10.8 Å². The topological polar surface area (TPSA) is 81.2 Å². The van der Waals surface area contributed by atoms with Gasteiger partial charge in [-0.15, -0.1) is 11.3 Å². The van der Waals surface area contributed by atoms with E-state index in [9.17, 15) is 4.79 Å². The van der Waals surface area contributed by atoms with Gasteiger partial charge in [-0.1, -0.05) is 5.16 Å². The van der Waals surface area contributed by atoms with Crippen molar-refractivity contribution >= 4 is 17.2 Å². The zero-order valence-electron chi connectivity index (χ0n) is 11.6. The van der Waals surface area contributed by atoms with Crippen molar-refractivity contribution in [3.63, 3.8) is 0 Å². The number of thiophene rings is 1. The van der Waals surface area contributed by atoms with Gasteiger partial charge in [-0.2, -0.15) is 4.98 Å². The summed E-state index contributed by atoms with van der Waals surface area (Å²) in [5.41, 5.74) is 0.516. The van der Waals surface area contributed by atoms with Crippen molar-refractivity contribution in [1.29, 1.82) is 0 Å². The van der Waals surface area contributed by atoms with Gasteiger partial charge in [0.1, 0.15) is 6.26 Å². The molecule has 22 heavy (non-hydrogen) atoms. The lowest BCUT2D eigenvalue weighted by Gasteiger charge is -2.00. The summed E-state index contributed by atoms with van der Waals surface area (Å²) in [6, 6.07) is 5.53. The molecule has 0 spiro atoms. The van der Waals surface area contributed by atoms with E-state index in [1.807, 2.05) is 12.1 Å². The first-order valence-corrected chi connectivity index (χ1v) is 7.84. The Labute approximate surface area is 130 Å². The largest absolute Gasteiger partial charge is 0.472 e. The number of rotatable bonds is 5. The average molecular weight is 315 g/mol. The molecule has 7 heteroatoms. The third kappa shape index (κ3) is 2.67. The maximum absolute atomic E-state index is 11.8. The molecule has 1 amide bonds. The Balaban J connectivity index is 1.41. The fourth-order valence-corrected chi connectivity index (χ4v) is 2.96. The van der Waals surface area contributed by atoms with Crippen molar-refractivity contribution in [2.45, 2.75) is 25.3 Å². The summed E-state index contributed by atoms with van der Waals surface area (Å²) in [6.45, 7) is 0.457. The molecule has 0 unspecified atom stereocenters. The number of amides is 1. The van der Waals surface area contributed by atoms with E-state index in [1.54, 1.807) is 6.07 Å². The summed E-state index contributed by atoms with van der Waals surface area (Å²) in [7, 11) is 0. The zero-order chi connectivity index (χ0) is 14.9. The van der Waals surface area contributed by atoms with Crippen LogP contribution in [0.5, 0.6) is 0 Å². The van der Waals surface area contributed by atoms with Crippen LogP contribution in [0.4, 0.5) is 0 Å². The molecule has 0 aliphatic heterocycles. The molecule has 1 aliphatic carbocycles. The van der Waals surface area contributed by atoms with Crippen LogP contribution >= 0.6 is 11.3 Å². The van der Waals surface area contributed by atoms with Crippen LogP contribution in [0.15, 0.2) is 39.7 Å². The lowest BCUT2D eigenvalue weighted by Crippen LogP contribution is -2.21. The van der Waals surface area contributed by atoms with Crippen LogP contribution in [0.1, 0.15) is 39.8 Å². The van der Waals surface area contributed by atoms with Crippen LogP contribution in [0.25, 0.3) is 10.8 Å². The first kappa shape index (κ1) is 13.3. The molecule has 1 saturated carbocycles. The lowest BCUT2D eigenvalue weighted by atomic mass is 10.3. The van der Waals surface area contributed by atoms with Crippen molar-refractivity contribution in [3.05, 3.63) is 47.0 Å². The van der Waals surface area contributed by atoms with Crippen LogP contribution in [-0.2, 0) is 6.54 Å². The SMILES string of the molecule is O=C(NCc1ccc(-c2nc(C3CC3)no2)s1)c1ccoc1. The number of nitrogens with one attached hydrogen (secondary N) is 1. The molecule has 1 N–H and O–H groups in total. The second kappa shape index (κ2) is 5.42. The number of carbonyl (C=O) groups is 1. The maximum Gasteiger partial charge on any atom is 0.268 e. The third-order valence-electron chi connectivity index (χ3n) is 3.46. The molecule has 0 bridgehead atoms. The average Bonchev–Trinajstić information content (AvgIpc) is 3.02. The molecule has 3 aromatic heterocycles. The first-order valence-electron chi connectivity index (χ1n) is 7.02. The molecule has 3 heterocycles. The van der Waals surface area contributed by atoms with Crippen LogP contribution in [0, 0.1) is 0 Å². The second-order valence-corrected chi connectivity index (χ2v) is 6.36. The highest BCUT2D eigenvalue weighted by atomic mass is 32.1. The van der Waals surface area contributed by atoms with E-state index >= 15 is 0 Å². The van der Waals surface area contributed by atoms with Gasteiger partial charge in [-0.05, 0) is 31.0 Å². The molecule has 0 aromatic carbocycles. The van der Waals surface area contributed by atoms with Crippen molar-refractivity contribution < 1.29 is 13.7 Å².